The van der Waals surface area contributed by atoms with Gasteiger partial charge in [0.05, 0.1) is 30.1 Å². The fourth-order valence-electron chi connectivity index (χ4n) is 4.01. The highest BCUT2D eigenvalue weighted by molar-refractivity contribution is 7.99. The van der Waals surface area contributed by atoms with Crippen LogP contribution in [0.3, 0.4) is 0 Å². The second kappa shape index (κ2) is 7.45. The molecule has 2 N–H and O–H groups in total. The number of hydrogen-bond acceptors (Lipinski definition) is 7. The molecular formula is C19H24ClN5OS. The van der Waals surface area contributed by atoms with Gasteiger partial charge in [0.25, 0.3) is 0 Å². The Hall–Kier alpha value is -1.57. The average Bonchev–Trinajstić information content (AvgIpc) is 2.95. The Labute approximate surface area is 168 Å². The van der Waals surface area contributed by atoms with Gasteiger partial charge in [-0.3, -0.25) is 0 Å². The van der Waals surface area contributed by atoms with Gasteiger partial charge in [0, 0.05) is 29.6 Å². The number of nitrogens with zero attached hydrogens (tertiary/aromatic N) is 4. The predicted molar refractivity (Wildman–Crippen MR) is 108 cm³/mol. The zero-order valence-electron chi connectivity index (χ0n) is 15.6. The van der Waals surface area contributed by atoms with E-state index in [9.17, 15) is 0 Å². The van der Waals surface area contributed by atoms with Crippen LogP contribution in [-0.2, 0) is 4.74 Å². The molecule has 0 aliphatic carbocycles. The van der Waals surface area contributed by atoms with Gasteiger partial charge in [0.2, 0.25) is 0 Å². The molecule has 1 spiro atoms. The Morgan fingerprint density at radius 1 is 1.22 bits per heavy atom. The van der Waals surface area contributed by atoms with Crippen molar-refractivity contribution in [2.75, 3.05) is 30.3 Å². The maximum atomic E-state index is 6.20. The van der Waals surface area contributed by atoms with Crippen LogP contribution in [0.25, 0.3) is 0 Å². The maximum absolute atomic E-state index is 6.20. The molecule has 0 bridgehead atoms. The summed E-state index contributed by atoms with van der Waals surface area (Å²) in [7, 11) is 0. The minimum absolute atomic E-state index is 0.327. The molecule has 4 rings (SSSR count). The highest BCUT2D eigenvalue weighted by Gasteiger charge is 2.46. The van der Waals surface area contributed by atoms with E-state index < -0.39 is 0 Å². The van der Waals surface area contributed by atoms with E-state index in [0.717, 1.165) is 48.3 Å². The maximum Gasteiger partial charge on any atom is 0.147 e. The summed E-state index contributed by atoms with van der Waals surface area (Å²) in [5, 5.41) is 1.24. The van der Waals surface area contributed by atoms with E-state index in [0.29, 0.717) is 28.3 Å². The van der Waals surface area contributed by atoms with Crippen LogP contribution >= 0.6 is 23.4 Å². The molecular weight excluding hydrogens is 382 g/mol. The second-order valence-corrected chi connectivity index (χ2v) is 8.92. The first-order valence-corrected chi connectivity index (χ1v) is 10.4. The van der Waals surface area contributed by atoms with Crippen molar-refractivity contribution >= 4 is 35.0 Å². The molecule has 144 valence electrons. The van der Waals surface area contributed by atoms with Gasteiger partial charge >= 0.3 is 0 Å². The Bertz CT molecular complexity index is 810. The molecule has 2 saturated heterocycles. The standard InChI is InChI=1S/C19H24ClN5OS/c1-12-13(2)26-11-19(12)4-7-25(8-5-19)15-9-24-16(10-23-15)27-14-3-6-22-18(21)17(14)20/h3,6,9-10,12-13H,4-5,7-8,11H2,1-2H3,(H2,21,22)/t12-,13+/m0/s1. The normalized spacial score (nSPS) is 24.5. The molecule has 2 aromatic heterocycles. The Morgan fingerprint density at radius 3 is 2.63 bits per heavy atom. The van der Waals surface area contributed by atoms with E-state index in [1.807, 2.05) is 12.3 Å². The van der Waals surface area contributed by atoms with Crippen molar-refractivity contribution in [1.29, 1.82) is 0 Å². The molecule has 6 nitrogen and oxygen atoms in total. The van der Waals surface area contributed by atoms with Crippen LogP contribution in [0.4, 0.5) is 11.6 Å². The summed E-state index contributed by atoms with van der Waals surface area (Å²) in [6.45, 7) is 7.40. The molecule has 0 unspecified atom stereocenters. The summed E-state index contributed by atoms with van der Waals surface area (Å²) in [5.74, 6) is 1.86. The number of nitrogens with two attached hydrogens (primary N) is 1. The lowest BCUT2D eigenvalue weighted by molar-refractivity contribution is 0.0969. The molecule has 0 saturated carbocycles. The van der Waals surface area contributed by atoms with Crippen molar-refractivity contribution < 1.29 is 4.74 Å². The van der Waals surface area contributed by atoms with Crippen LogP contribution in [-0.4, -0.2) is 40.8 Å². The summed E-state index contributed by atoms with van der Waals surface area (Å²) in [5.41, 5.74) is 6.09. The number of piperidine rings is 1. The molecule has 2 fully saturated rings. The molecule has 2 atom stereocenters. The first kappa shape index (κ1) is 18.8. The summed E-state index contributed by atoms with van der Waals surface area (Å²) in [6, 6.07) is 1.83. The van der Waals surface area contributed by atoms with Crippen LogP contribution in [0.5, 0.6) is 0 Å². The molecule has 2 aliphatic heterocycles. The van der Waals surface area contributed by atoms with Crippen LogP contribution < -0.4 is 10.6 Å². The minimum atomic E-state index is 0.327. The quantitative estimate of drug-likeness (QED) is 0.829. The van der Waals surface area contributed by atoms with Gasteiger partial charge in [0.15, 0.2) is 0 Å². The predicted octanol–water partition coefficient (Wildman–Crippen LogP) is 3.90. The third kappa shape index (κ3) is 3.60. The fraction of sp³-hybridized carbons (Fsp3) is 0.526. The van der Waals surface area contributed by atoms with Gasteiger partial charge in [-0.1, -0.05) is 30.3 Å². The Morgan fingerprint density at radius 2 is 2.00 bits per heavy atom. The zero-order valence-corrected chi connectivity index (χ0v) is 17.1. The van der Waals surface area contributed by atoms with E-state index in [1.165, 1.54) is 11.8 Å². The molecule has 2 aromatic rings. The van der Waals surface area contributed by atoms with Gasteiger partial charge in [0.1, 0.15) is 16.7 Å². The van der Waals surface area contributed by atoms with Gasteiger partial charge in [-0.15, -0.1) is 0 Å². The van der Waals surface area contributed by atoms with Crippen LogP contribution in [0.1, 0.15) is 26.7 Å². The van der Waals surface area contributed by atoms with Crippen LogP contribution in [0, 0.1) is 11.3 Å². The van der Waals surface area contributed by atoms with E-state index >= 15 is 0 Å². The molecule has 0 amide bonds. The molecule has 4 heterocycles. The minimum Gasteiger partial charge on any atom is -0.382 e. The Kier molecular flexibility index (Phi) is 5.18. The van der Waals surface area contributed by atoms with Crippen molar-refractivity contribution in [2.24, 2.45) is 11.3 Å². The largest absolute Gasteiger partial charge is 0.382 e. The van der Waals surface area contributed by atoms with Crippen LogP contribution in [0.15, 0.2) is 34.6 Å². The lowest BCUT2D eigenvalue weighted by Gasteiger charge is -2.41. The second-order valence-electron chi connectivity index (χ2n) is 7.48. The number of nitrogen functional groups attached to an aromatic ring is 1. The fourth-order valence-corrected chi connectivity index (χ4v) is 5.00. The van der Waals surface area contributed by atoms with E-state index in [1.54, 1.807) is 12.4 Å². The van der Waals surface area contributed by atoms with E-state index in [2.05, 4.69) is 33.7 Å². The molecule has 8 heteroatoms. The van der Waals surface area contributed by atoms with Crippen molar-refractivity contribution in [3.63, 3.8) is 0 Å². The van der Waals surface area contributed by atoms with Crippen molar-refractivity contribution in [3.05, 3.63) is 29.7 Å². The number of pyridine rings is 1. The highest BCUT2D eigenvalue weighted by atomic mass is 35.5. The van der Waals surface area contributed by atoms with Gasteiger partial charge < -0.3 is 15.4 Å². The van der Waals surface area contributed by atoms with Crippen molar-refractivity contribution in [3.8, 4) is 0 Å². The Balaban J connectivity index is 1.41. The summed E-state index contributed by atoms with van der Waals surface area (Å²) < 4.78 is 5.92. The van der Waals surface area contributed by atoms with E-state index in [-0.39, 0.29) is 0 Å². The van der Waals surface area contributed by atoms with Crippen molar-refractivity contribution in [2.45, 2.75) is 42.7 Å². The number of anilines is 2. The number of rotatable bonds is 3. The van der Waals surface area contributed by atoms with E-state index in [4.69, 9.17) is 22.1 Å². The van der Waals surface area contributed by atoms with Gasteiger partial charge in [-0.2, -0.15) is 0 Å². The highest BCUT2D eigenvalue weighted by Crippen LogP contribution is 2.46. The summed E-state index contributed by atoms with van der Waals surface area (Å²) in [4.78, 5) is 16.3. The van der Waals surface area contributed by atoms with Crippen LogP contribution in [0.2, 0.25) is 5.02 Å². The molecule has 0 radical (unpaired) electrons. The SMILES string of the molecule is C[C@H]1OCC2(CCN(c3cnc(Sc4ccnc(N)c4Cl)cn3)CC2)[C@H]1C. The van der Waals surface area contributed by atoms with Crippen molar-refractivity contribution in [1.82, 2.24) is 15.0 Å². The monoisotopic (exact) mass is 405 g/mol. The third-order valence-electron chi connectivity index (χ3n) is 6.10. The topological polar surface area (TPSA) is 77.2 Å². The molecule has 0 aromatic carbocycles. The smallest absolute Gasteiger partial charge is 0.147 e. The first-order valence-electron chi connectivity index (χ1n) is 9.25. The number of hydrogen-bond donors (Lipinski definition) is 1. The zero-order chi connectivity index (χ0) is 19.0. The number of aromatic nitrogens is 3. The van der Waals surface area contributed by atoms with Gasteiger partial charge in [-0.05, 0) is 31.7 Å². The number of ether oxygens (including phenoxy) is 1. The summed E-state index contributed by atoms with van der Waals surface area (Å²) >= 11 is 7.64. The lowest BCUT2D eigenvalue weighted by Crippen LogP contribution is -2.44. The molecule has 2 aliphatic rings. The molecule has 27 heavy (non-hydrogen) atoms. The average molecular weight is 406 g/mol. The number of halogens is 1. The first-order chi connectivity index (χ1) is 13.0. The summed E-state index contributed by atoms with van der Waals surface area (Å²) in [6.07, 6.45) is 7.92. The van der Waals surface area contributed by atoms with Gasteiger partial charge in [-0.25, -0.2) is 15.0 Å². The lowest BCUT2D eigenvalue weighted by atomic mass is 9.70. The third-order valence-corrected chi connectivity index (χ3v) is 7.59.